The van der Waals surface area contributed by atoms with Crippen molar-refractivity contribution in [1.29, 1.82) is 0 Å². The molecule has 0 saturated carbocycles. The first-order chi connectivity index (χ1) is 10.5. The molecule has 0 aliphatic rings. The van der Waals surface area contributed by atoms with E-state index in [-0.39, 0.29) is 5.69 Å². The Morgan fingerprint density at radius 3 is 2.55 bits per heavy atom. The Balaban J connectivity index is 2.00. The minimum absolute atomic E-state index is 0.195. The van der Waals surface area contributed by atoms with Crippen molar-refractivity contribution in [3.05, 3.63) is 64.3 Å². The maximum atomic E-state index is 13.2. The number of fused-ring (bicyclic) bond motifs is 1. The number of carbonyl (C=O) groups is 1. The summed E-state index contributed by atoms with van der Waals surface area (Å²) in [5, 5.41) is 3.48. The summed E-state index contributed by atoms with van der Waals surface area (Å²) >= 11 is 3.43. The van der Waals surface area contributed by atoms with E-state index in [1.807, 2.05) is 24.3 Å². The van der Waals surface area contributed by atoms with Crippen LogP contribution in [0.3, 0.4) is 0 Å². The normalized spacial score (nSPS) is 10.9. The number of para-hydroxylation sites is 1. The summed E-state index contributed by atoms with van der Waals surface area (Å²) < 4.78 is 28.5. The van der Waals surface area contributed by atoms with Gasteiger partial charge in [-0.05, 0) is 34.1 Å². The lowest BCUT2D eigenvalue weighted by molar-refractivity contribution is 0.101. The Morgan fingerprint density at radius 1 is 1.14 bits per heavy atom. The van der Waals surface area contributed by atoms with Gasteiger partial charge >= 0.3 is 0 Å². The number of halogens is 3. The van der Waals surface area contributed by atoms with E-state index < -0.39 is 17.5 Å². The van der Waals surface area contributed by atoms with E-state index in [1.165, 1.54) is 6.07 Å². The molecule has 3 aromatic rings. The number of anilines is 1. The topological polar surface area (TPSA) is 34.0 Å². The van der Waals surface area contributed by atoms with Crippen molar-refractivity contribution in [2.24, 2.45) is 7.05 Å². The van der Waals surface area contributed by atoms with Crippen LogP contribution in [0.1, 0.15) is 10.5 Å². The summed E-state index contributed by atoms with van der Waals surface area (Å²) in [5.41, 5.74) is 1.50. The lowest BCUT2D eigenvalue weighted by Gasteiger charge is -2.07. The molecule has 2 aromatic carbocycles. The summed E-state index contributed by atoms with van der Waals surface area (Å²) in [7, 11) is 1.77. The maximum Gasteiger partial charge on any atom is 0.273 e. The molecule has 0 atom stereocenters. The minimum Gasteiger partial charge on any atom is -0.339 e. The second-order valence-corrected chi connectivity index (χ2v) is 5.61. The molecule has 3 rings (SSSR count). The van der Waals surface area contributed by atoms with Gasteiger partial charge in [-0.3, -0.25) is 4.79 Å². The third-order valence-corrected chi connectivity index (χ3v) is 4.24. The molecule has 0 spiro atoms. The molecule has 112 valence electrons. The third-order valence-electron chi connectivity index (χ3n) is 3.44. The molecule has 1 heterocycles. The second-order valence-electron chi connectivity index (χ2n) is 4.82. The van der Waals surface area contributed by atoms with Crippen LogP contribution >= 0.6 is 15.9 Å². The minimum atomic E-state index is -1.01. The number of carbonyl (C=O) groups excluding carboxylic acids is 1. The summed E-state index contributed by atoms with van der Waals surface area (Å²) in [6, 6.07) is 10.8. The van der Waals surface area contributed by atoms with E-state index >= 15 is 0 Å². The largest absolute Gasteiger partial charge is 0.339 e. The van der Waals surface area contributed by atoms with Gasteiger partial charge in [0, 0.05) is 29.7 Å². The fourth-order valence-electron chi connectivity index (χ4n) is 2.36. The van der Waals surface area contributed by atoms with Crippen LogP contribution < -0.4 is 5.32 Å². The van der Waals surface area contributed by atoms with Crippen LogP contribution in [0.5, 0.6) is 0 Å². The molecule has 1 amide bonds. The van der Waals surface area contributed by atoms with E-state index in [4.69, 9.17) is 0 Å². The highest BCUT2D eigenvalue weighted by atomic mass is 79.9. The summed E-state index contributed by atoms with van der Waals surface area (Å²) in [6.07, 6.45) is 0. The van der Waals surface area contributed by atoms with Crippen molar-refractivity contribution in [1.82, 2.24) is 4.57 Å². The van der Waals surface area contributed by atoms with Gasteiger partial charge in [-0.2, -0.15) is 0 Å². The van der Waals surface area contributed by atoms with Gasteiger partial charge in [-0.1, -0.05) is 18.2 Å². The van der Waals surface area contributed by atoms with Crippen molar-refractivity contribution in [3.8, 4) is 0 Å². The molecule has 0 aliphatic heterocycles. The molecule has 0 saturated heterocycles. The van der Waals surface area contributed by atoms with Crippen molar-refractivity contribution in [3.63, 3.8) is 0 Å². The van der Waals surface area contributed by atoms with Gasteiger partial charge in [0.1, 0.15) is 5.69 Å². The quantitative estimate of drug-likeness (QED) is 0.714. The molecule has 22 heavy (non-hydrogen) atoms. The lowest BCUT2D eigenvalue weighted by atomic mass is 10.2. The summed E-state index contributed by atoms with van der Waals surface area (Å²) in [6.45, 7) is 0. The Bertz CT molecular complexity index is 850. The van der Waals surface area contributed by atoms with Gasteiger partial charge in [0.15, 0.2) is 11.6 Å². The SMILES string of the molecule is Cn1c(C(=O)Nc2ccc(F)c(F)c2)c(Br)c2ccccc21. The van der Waals surface area contributed by atoms with E-state index in [9.17, 15) is 13.6 Å². The fourth-order valence-corrected chi connectivity index (χ4v) is 3.14. The molecule has 3 nitrogen and oxygen atoms in total. The van der Waals surface area contributed by atoms with Crippen molar-refractivity contribution < 1.29 is 13.6 Å². The van der Waals surface area contributed by atoms with Crippen LogP contribution in [0.4, 0.5) is 14.5 Å². The lowest BCUT2D eigenvalue weighted by Crippen LogP contribution is -2.16. The molecule has 6 heteroatoms. The average Bonchev–Trinajstić information content (AvgIpc) is 2.75. The second kappa shape index (κ2) is 5.53. The number of aryl methyl sites for hydroxylation is 1. The van der Waals surface area contributed by atoms with Gasteiger partial charge in [-0.15, -0.1) is 0 Å². The van der Waals surface area contributed by atoms with Crippen LogP contribution in [0.25, 0.3) is 10.9 Å². The first kappa shape index (κ1) is 14.7. The summed E-state index contributed by atoms with van der Waals surface area (Å²) in [5.74, 6) is -2.37. The molecule has 0 bridgehead atoms. The van der Waals surface area contributed by atoms with Crippen molar-refractivity contribution >= 4 is 38.4 Å². The van der Waals surface area contributed by atoms with Gasteiger partial charge in [0.05, 0.1) is 4.47 Å². The third kappa shape index (κ3) is 2.39. The number of rotatable bonds is 2. The highest BCUT2D eigenvalue weighted by molar-refractivity contribution is 9.10. The van der Waals surface area contributed by atoms with Crippen LogP contribution in [-0.2, 0) is 7.05 Å². The van der Waals surface area contributed by atoms with Gasteiger partial charge in [0.2, 0.25) is 0 Å². The number of aromatic nitrogens is 1. The van der Waals surface area contributed by atoms with Gasteiger partial charge in [-0.25, -0.2) is 8.78 Å². The standard InChI is InChI=1S/C16H11BrF2N2O/c1-21-13-5-3-2-4-10(13)14(17)15(21)16(22)20-9-6-7-11(18)12(19)8-9/h2-8H,1H3,(H,20,22). The smallest absolute Gasteiger partial charge is 0.273 e. The molecule has 0 radical (unpaired) electrons. The number of hydrogen-bond donors (Lipinski definition) is 1. The number of hydrogen-bond acceptors (Lipinski definition) is 1. The number of nitrogens with zero attached hydrogens (tertiary/aromatic N) is 1. The van der Waals surface area contributed by atoms with Crippen LogP contribution in [0.2, 0.25) is 0 Å². The molecular formula is C16H11BrF2N2O. The monoisotopic (exact) mass is 364 g/mol. The molecule has 0 aliphatic carbocycles. The summed E-state index contributed by atoms with van der Waals surface area (Å²) in [4.78, 5) is 12.4. The number of benzene rings is 2. The number of nitrogens with one attached hydrogen (secondary N) is 1. The Hall–Kier alpha value is -2.21. The van der Waals surface area contributed by atoms with Crippen molar-refractivity contribution in [2.75, 3.05) is 5.32 Å². The predicted molar refractivity (Wildman–Crippen MR) is 84.9 cm³/mol. The first-order valence-corrected chi connectivity index (χ1v) is 7.27. The van der Waals surface area contributed by atoms with Gasteiger partial charge in [0.25, 0.3) is 5.91 Å². The zero-order valence-electron chi connectivity index (χ0n) is 11.5. The van der Waals surface area contributed by atoms with Gasteiger partial charge < -0.3 is 9.88 Å². The zero-order valence-corrected chi connectivity index (χ0v) is 13.1. The Labute approximate surface area is 133 Å². The molecule has 1 N–H and O–H groups in total. The van der Waals surface area contributed by atoms with Crippen LogP contribution in [-0.4, -0.2) is 10.5 Å². The fraction of sp³-hybridized carbons (Fsp3) is 0.0625. The highest BCUT2D eigenvalue weighted by Gasteiger charge is 2.19. The first-order valence-electron chi connectivity index (χ1n) is 6.48. The molecule has 1 aromatic heterocycles. The molecule has 0 fully saturated rings. The molecular weight excluding hydrogens is 354 g/mol. The molecule has 0 unspecified atom stereocenters. The Kier molecular flexibility index (Phi) is 3.70. The van der Waals surface area contributed by atoms with Crippen molar-refractivity contribution in [2.45, 2.75) is 0 Å². The average molecular weight is 365 g/mol. The van der Waals surface area contributed by atoms with E-state index in [0.29, 0.717) is 10.2 Å². The number of amides is 1. The predicted octanol–water partition coefficient (Wildman–Crippen LogP) is 4.47. The maximum absolute atomic E-state index is 13.2. The zero-order chi connectivity index (χ0) is 15.9. The van der Waals surface area contributed by atoms with Crippen LogP contribution in [0.15, 0.2) is 46.9 Å². The van der Waals surface area contributed by atoms with Crippen LogP contribution in [0, 0.1) is 11.6 Å². The Morgan fingerprint density at radius 2 is 1.86 bits per heavy atom. The van der Waals surface area contributed by atoms with E-state index in [2.05, 4.69) is 21.2 Å². The van der Waals surface area contributed by atoms with E-state index in [0.717, 1.165) is 23.0 Å². The van der Waals surface area contributed by atoms with E-state index in [1.54, 1.807) is 11.6 Å². The highest BCUT2D eigenvalue weighted by Crippen LogP contribution is 2.30.